The number of fused-ring (bicyclic) bond motifs is 1. The highest BCUT2D eigenvalue weighted by Gasteiger charge is 2.31. The van der Waals surface area contributed by atoms with Gasteiger partial charge in [0.25, 0.3) is 0 Å². The fourth-order valence-corrected chi connectivity index (χ4v) is 2.78. The second-order valence-corrected chi connectivity index (χ2v) is 5.14. The molecule has 0 spiro atoms. The maximum absolute atomic E-state index is 6.06. The summed E-state index contributed by atoms with van der Waals surface area (Å²) >= 11 is 6.06. The zero-order valence-corrected chi connectivity index (χ0v) is 10.3. The van der Waals surface area contributed by atoms with Crippen LogP contribution in [0.25, 0.3) is 0 Å². The molecule has 0 amide bonds. The molecule has 0 radical (unpaired) electrons. The maximum Gasteiger partial charge on any atom is 0.0409 e. The molecule has 1 aliphatic rings. The van der Waals surface area contributed by atoms with Crippen molar-refractivity contribution in [1.29, 1.82) is 0 Å². The minimum Gasteiger partial charge on any atom is -0.313 e. The van der Waals surface area contributed by atoms with Crippen LogP contribution in [0.4, 0.5) is 0 Å². The summed E-state index contributed by atoms with van der Waals surface area (Å²) < 4.78 is 0. The Balaban J connectivity index is 2.43. The minimum atomic E-state index is 0.504. The third-order valence-electron chi connectivity index (χ3n) is 3.47. The van der Waals surface area contributed by atoms with Gasteiger partial charge in [0.05, 0.1) is 0 Å². The maximum atomic E-state index is 6.06. The van der Waals surface area contributed by atoms with Crippen LogP contribution in [-0.4, -0.2) is 7.05 Å². The molecule has 0 fully saturated rings. The van der Waals surface area contributed by atoms with Crippen LogP contribution in [0.15, 0.2) is 18.2 Å². The van der Waals surface area contributed by atoms with E-state index >= 15 is 0 Å². The van der Waals surface area contributed by atoms with Crippen molar-refractivity contribution in [3.8, 4) is 0 Å². The van der Waals surface area contributed by atoms with E-state index in [-0.39, 0.29) is 0 Å². The van der Waals surface area contributed by atoms with E-state index in [1.807, 2.05) is 13.1 Å². The molecule has 1 aromatic rings. The predicted octanol–water partition coefficient (Wildman–Crippen LogP) is 3.74. The van der Waals surface area contributed by atoms with Gasteiger partial charge in [-0.25, -0.2) is 0 Å². The van der Waals surface area contributed by atoms with Crippen LogP contribution in [0, 0.1) is 5.92 Å². The summed E-state index contributed by atoms with van der Waals surface area (Å²) in [6.07, 6.45) is 1.20. The van der Waals surface area contributed by atoms with Crippen molar-refractivity contribution in [1.82, 2.24) is 5.32 Å². The first-order valence-corrected chi connectivity index (χ1v) is 5.98. The molecule has 0 saturated carbocycles. The fourth-order valence-electron chi connectivity index (χ4n) is 2.60. The molecule has 0 aliphatic heterocycles. The molecule has 2 heteroatoms. The Labute approximate surface area is 96.8 Å². The van der Waals surface area contributed by atoms with E-state index < -0.39 is 0 Å². The van der Waals surface area contributed by atoms with Gasteiger partial charge in [0.2, 0.25) is 0 Å². The lowest BCUT2D eigenvalue weighted by Gasteiger charge is -2.15. The average Bonchev–Trinajstić information content (AvgIpc) is 2.55. The third-order valence-corrected chi connectivity index (χ3v) is 3.70. The van der Waals surface area contributed by atoms with E-state index in [9.17, 15) is 0 Å². The summed E-state index contributed by atoms with van der Waals surface area (Å²) in [4.78, 5) is 0. The standard InChI is InChI=1S/C13H18ClN/c1-8(2)11-7-13(15-3)10-5-4-9(14)6-12(10)11/h4-6,8,11,13,15H,7H2,1-3H3. The van der Waals surface area contributed by atoms with Crippen molar-refractivity contribution >= 4 is 11.6 Å². The normalized spacial score (nSPS) is 24.6. The molecule has 2 rings (SSSR count). The van der Waals surface area contributed by atoms with Crippen LogP contribution in [0.1, 0.15) is 43.4 Å². The molecule has 2 unspecified atom stereocenters. The highest BCUT2D eigenvalue weighted by Crippen LogP contribution is 2.44. The number of halogens is 1. The van der Waals surface area contributed by atoms with Crippen molar-refractivity contribution in [2.75, 3.05) is 7.05 Å². The van der Waals surface area contributed by atoms with Gasteiger partial charge in [0, 0.05) is 11.1 Å². The Hall–Kier alpha value is -0.530. The fraction of sp³-hybridized carbons (Fsp3) is 0.538. The smallest absolute Gasteiger partial charge is 0.0409 e. The van der Waals surface area contributed by atoms with Gasteiger partial charge in [-0.2, -0.15) is 0 Å². The Kier molecular flexibility index (Phi) is 3.03. The van der Waals surface area contributed by atoms with Crippen molar-refractivity contribution < 1.29 is 0 Å². The van der Waals surface area contributed by atoms with Gasteiger partial charge >= 0.3 is 0 Å². The molecule has 1 aromatic carbocycles. The van der Waals surface area contributed by atoms with Crippen LogP contribution in [0.3, 0.4) is 0 Å². The second-order valence-electron chi connectivity index (χ2n) is 4.70. The number of hydrogen-bond donors (Lipinski definition) is 1. The van der Waals surface area contributed by atoms with E-state index in [0.717, 1.165) is 5.02 Å². The lowest BCUT2D eigenvalue weighted by atomic mass is 9.90. The molecule has 1 aliphatic carbocycles. The Morgan fingerprint density at radius 1 is 1.33 bits per heavy atom. The van der Waals surface area contributed by atoms with E-state index in [1.54, 1.807) is 0 Å². The highest BCUT2D eigenvalue weighted by atomic mass is 35.5. The molecule has 0 heterocycles. The average molecular weight is 224 g/mol. The topological polar surface area (TPSA) is 12.0 Å². The number of benzene rings is 1. The van der Waals surface area contributed by atoms with Gasteiger partial charge in [-0.1, -0.05) is 31.5 Å². The first-order chi connectivity index (χ1) is 7.13. The Morgan fingerprint density at radius 2 is 2.07 bits per heavy atom. The lowest BCUT2D eigenvalue weighted by molar-refractivity contribution is 0.445. The zero-order valence-electron chi connectivity index (χ0n) is 9.55. The number of nitrogens with one attached hydrogen (secondary N) is 1. The van der Waals surface area contributed by atoms with Crippen LogP contribution in [0.5, 0.6) is 0 Å². The van der Waals surface area contributed by atoms with Crippen LogP contribution in [0.2, 0.25) is 5.02 Å². The van der Waals surface area contributed by atoms with Crippen molar-refractivity contribution in [3.63, 3.8) is 0 Å². The molecule has 1 nitrogen and oxygen atoms in total. The first kappa shape index (κ1) is 11.0. The van der Waals surface area contributed by atoms with E-state index in [0.29, 0.717) is 17.9 Å². The van der Waals surface area contributed by atoms with E-state index in [2.05, 4.69) is 31.3 Å². The van der Waals surface area contributed by atoms with E-state index in [4.69, 9.17) is 11.6 Å². The summed E-state index contributed by atoms with van der Waals surface area (Å²) in [7, 11) is 2.03. The van der Waals surface area contributed by atoms with Crippen LogP contribution >= 0.6 is 11.6 Å². The van der Waals surface area contributed by atoms with Crippen LogP contribution in [-0.2, 0) is 0 Å². The van der Waals surface area contributed by atoms with Gasteiger partial charge in [0.1, 0.15) is 0 Å². The van der Waals surface area contributed by atoms with Crippen molar-refractivity contribution in [2.24, 2.45) is 5.92 Å². The van der Waals surface area contributed by atoms with Gasteiger partial charge in [-0.05, 0) is 48.6 Å². The predicted molar refractivity (Wildman–Crippen MR) is 65.4 cm³/mol. The van der Waals surface area contributed by atoms with Gasteiger partial charge in [-0.3, -0.25) is 0 Å². The Morgan fingerprint density at radius 3 is 2.67 bits per heavy atom. The zero-order chi connectivity index (χ0) is 11.0. The lowest BCUT2D eigenvalue weighted by Crippen LogP contribution is -2.13. The second kappa shape index (κ2) is 4.15. The summed E-state index contributed by atoms with van der Waals surface area (Å²) in [5.41, 5.74) is 2.87. The molecule has 0 saturated heterocycles. The summed E-state index contributed by atoms with van der Waals surface area (Å²) in [6, 6.07) is 6.80. The quantitative estimate of drug-likeness (QED) is 0.806. The summed E-state index contributed by atoms with van der Waals surface area (Å²) in [5.74, 6) is 1.33. The number of rotatable bonds is 2. The van der Waals surface area contributed by atoms with E-state index in [1.165, 1.54) is 17.5 Å². The summed E-state index contributed by atoms with van der Waals surface area (Å²) in [6.45, 7) is 4.57. The third kappa shape index (κ3) is 1.91. The first-order valence-electron chi connectivity index (χ1n) is 5.60. The molecule has 0 aromatic heterocycles. The van der Waals surface area contributed by atoms with Gasteiger partial charge in [0.15, 0.2) is 0 Å². The Bertz CT molecular complexity index is 360. The van der Waals surface area contributed by atoms with Crippen molar-refractivity contribution in [2.45, 2.75) is 32.2 Å². The van der Waals surface area contributed by atoms with Gasteiger partial charge < -0.3 is 5.32 Å². The highest BCUT2D eigenvalue weighted by molar-refractivity contribution is 6.30. The minimum absolute atomic E-state index is 0.504. The van der Waals surface area contributed by atoms with Crippen LogP contribution < -0.4 is 5.32 Å². The molecule has 1 N–H and O–H groups in total. The molecular weight excluding hydrogens is 206 g/mol. The van der Waals surface area contributed by atoms with Gasteiger partial charge in [-0.15, -0.1) is 0 Å². The monoisotopic (exact) mass is 223 g/mol. The molecule has 82 valence electrons. The largest absolute Gasteiger partial charge is 0.313 e. The molecular formula is C13H18ClN. The number of hydrogen-bond acceptors (Lipinski definition) is 1. The molecule has 2 atom stereocenters. The SMILES string of the molecule is CNC1CC(C(C)C)c2cc(Cl)ccc21. The van der Waals surface area contributed by atoms with Crippen molar-refractivity contribution in [3.05, 3.63) is 34.3 Å². The summed E-state index contributed by atoms with van der Waals surface area (Å²) in [5, 5.41) is 4.24. The molecule has 15 heavy (non-hydrogen) atoms. The molecule has 0 bridgehead atoms.